The van der Waals surface area contributed by atoms with E-state index < -0.39 is 11.6 Å². The maximum atomic E-state index is 14.6. The number of hydrogen-bond acceptors (Lipinski definition) is 1. The molecule has 0 aromatic heterocycles. The Morgan fingerprint density at radius 2 is 1.51 bits per heavy atom. The van der Waals surface area contributed by atoms with Crippen molar-refractivity contribution in [1.82, 2.24) is 0 Å². The summed E-state index contributed by atoms with van der Waals surface area (Å²) in [6.45, 7) is 6.26. The minimum absolute atomic E-state index is 0.0294. The van der Waals surface area contributed by atoms with Gasteiger partial charge in [0.2, 0.25) is 5.82 Å². The fourth-order valence-corrected chi connectivity index (χ4v) is 5.43. The van der Waals surface area contributed by atoms with Gasteiger partial charge in [-0.2, -0.15) is 4.39 Å². The van der Waals surface area contributed by atoms with E-state index in [0.29, 0.717) is 30.4 Å². The van der Waals surface area contributed by atoms with Crippen molar-refractivity contribution in [3.05, 3.63) is 102 Å². The SMILES string of the molecule is C=CCCc1ccc(-c2ccc(C3CCC(CCc4ccc(OCCCC)c(F)c4F)CC3)cc2)cc1. The molecule has 0 aliphatic heterocycles. The lowest BCUT2D eigenvalue weighted by molar-refractivity contribution is 0.287. The molecule has 3 aromatic rings. The number of ether oxygens (including phenoxy) is 1. The molecule has 0 atom stereocenters. The van der Waals surface area contributed by atoms with E-state index in [9.17, 15) is 8.78 Å². The molecule has 0 spiro atoms. The summed E-state index contributed by atoms with van der Waals surface area (Å²) < 4.78 is 34.4. The third-order valence-electron chi connectivity index (χ3n) is 7.86. The van der Waals surface area contributed by atoms with E-state index >= 15 is 0 Å². The first-order valence-electron chi connectivity index (χ1n) is 14.0. The van der Waals surface area contributed by atoms with Gasteiger partial charge in [-0.15, -0.1) is 6.58 Å². The zero-order valence-electron chi connectivity index (χ0n) is 22.2. The molecule has 1 fully saturated rings. The molecule has 1 saturated carbocycles. The molecule has 3 heteroatoms. The van der Waals surface area contributed by atoms with E-state index in [1.807, 2.05) is 13.0 Å². The summed E-state index contributed by atoms with van der Waals surface area (Å²) in [6, 6.07) is 21.2. The molecular weight excluding hydrogens is 462 g/mol. The highest BCUT2D eigenvalue weighted by Gasteiger charge is 2.23. The van der Waals surface area contributed by atoms with Crippen LogP contribution in [-0.4, -0.2) is 6.61 Å². The smallest absolute Gasteiger partial charge is 0.200 e. The van der Waals surface area contributed by atoms with E-state index in [0.717, 1.165) is 57.8 Å². The largest absolute Gasteiger partial charge is 0.490 e. The Morgan fingerprint density at radius 3 is 2.16 bits per heavy atom. The normalized spacial score (nSPS) is 17.5. The van der Waals surface area contributed by atoms with Crippen LogP contribution < -0.4 is 4.74 Å². The maximum Gasteiger partial charge on any atom is 0.200 e. The van der Waals surface area contributed by atoms with Crippen molar-refractivity contribution in [2.24, 2.45) is 5.92 Å². The Labute approximate surface area is 221 Å². The van der Waals surface area contributed by atoms with Crippen molar-refractivity contribution in [3.63, 3.8) is 0 Å². The average Bonchev–Trinajstić information content (AvgIpc) is 2.94. The predicted octanol–water partition coefficient (Wildman–Crippen LogP) is 9.84. The number of halogens is 2. The topological polar surface area (TPSA) is 9.23 Å². The number of benzene rings is 3. The van der Waals surface area contributed by atoms with Crippen LogP contribution >= 0.6 is 0 Å². The summed E-state index contributed by atoms with van der Waals surface area (Å²) in [6.07, 6.45) is 11.9. The lowest BCUT2D eigenvalue weighted by atomic mass is 9.76. The number of hydrogen-bond donors (Lipinski definition) is 0. The van der Waals surface area contributed by atoms with Gasteiger partial charge in [-0.3, -0.25) is 0 Å². The molecule has 4 rings (SSSR count). The maximum absolute atomic E-state index is 14.6. The zero-order chi connectivity index (χ0) is 26.0. The van der Waals surface area contributed by atoms with Crippen LogP contribution in [-0.2, 0) is 12.8 Å². The summed E-state index contributed by atoms with van der Waals surface area (Å²) in [4.78, 5) is 0. The van der Waals surface area contributed by atoms with Crippen molar-refractivity contribution >= 4 is 0 Å². The predicted molar refractivity (Wildman–Crippen MR) is 150 cm³/mol. The van der Waals surface area contributed by atoms with Gasteiger partial charge in [0, 0.05) is 0 Å². The van der Waals surface area contributed by atoms with Crippen LogP contribution in [0.1, 0.15) is 80.9 Å². The monoisotopic (exact) mass is 502 g/mol. The molecule has 0 unspecified atom stereocenters. The van der Waals surface area contributed by atoms with Crippen LogP contribution in [0.25, 0.3) is 11.1 Å². The molecule has 37 heavy (non-hydrogen) atoms. The Kier molecular flexibility index (Phi) is 9.93. The average molecular weight is 503 g/mol. The molecule has 0 bridgehead atoms. The van der Waals surface area contributed by atoms with Crippen molar-refractivity contribution in [3.8, 4) is 16.9 Å². The van der Waals surface area contributed by atoms with Gasteiger partial charge >= 0.3 is 0 Å². The van der Waals surface area contributed by atoms with Gasteiger partial charge in [0.1, 0.15) is 0 Å². The first-order chi connectivity index (χ1) is 18.1. The quantitative estimate of drug-likeness (QED) is 0.177. The fraction of sp³-hybridized carbons (Fsp3) is 0.412. The second-order valence-electron chi connectivity index (χ2n) is 10.5. The van der Waals surface area contributed by atoms with Crippen LogP contribution in [0.5, 0.6) is 5.75 Å². The lowest BCUT2D eigenvalue weighted by Crippen LogP contribution is -2.14. The van der Waals surface area contributed by atoms with E-state index in [-0.39, 0.29) is 5.75 Å². The Hall–Kier alpha value is -2.94. The van der Waals surface area contributed by atoms with Crippen molar-refractivity contribution in [2.75, 3.05) is 6.61 Å². The van der Waals surface area contributed by atoms with Crippen LogP contribution in [0, 0.1) is 17.6 Å². The summed E-state index contributed by atoms with van der Waals surface area (Å²) >= 11 is 0. The zero-order valence-corrected chi connectivity index (χ0v) is 22.2. The first-order valence-corrected chi connectivity index (χ1v) is 14.0. The van der Waals surface area contributed by atoms with Gasteiger partial charge < -0.3 is 4.74 Å². The number of unbranched alkanes of at least 4 members (excludes halogenated alkanes) is 1. The van der Waals surface area contributed by atoms with Gasteiger partial charge in [0.15, 0.2) is 11.6 Å². The van der Waals surface area contributed by atoms with E-state index in [1.165, 1.54) is 22.3 Å². The van der Waals surface area contributed by atoms with Crippen LogP contribution in [0.4, 0.5) is 8.78 Å². The van der Waals surface area contributed by atoms with E-state index in [4.69, 9.17) is 4.74 Å². The van der Waals surface area contributed by atoms with Gasteiger partial charge in [-0.05, 0) is 104 Å². The third kappa shape index (κ3) is 7.31. The van der Waals surface area contributed by atoms with E-state index in [2.05, 4.69) is 55.1 Å². The van der Waals surface area contributed by atoms with Gasteiger partial charge in [0.05, 0.1) is 6.61 Å². The van der Waals surface area contributed by atoms with Crippen LogP contribution in [0.15, 0.2) is 73.3 Å². The third-order valence-corrected chi connectivity index (χ3v) is 7.86. The summed E-state index contributed by atoms with van der Waals surface area (Å²) in [5.74, 6) is -0.404. The molecule has 3 aromatic carbocycles. The van der Waals surface area contributed by atoms with Crippen LogP contribution in [0.3, 0.4) is 0 Å². The van der Waals surface area contributed by atoms with Gasteiger partial charge in [-0.1, -0.05) is 74.0 Å². The minimum Gasteiger partial charge on any atom is -0.490 e. The van der Waals surface area contributed by atoms with Crippen molar-refractivity contribution in [2.45, 2.75) is 77.0 Å². The summed E-state index contributed by atoms with van der Waals surface area (Å²) in [5.41, 5.74) is 5.73. The number of aryl methyl sites for hydroxylation is 2. The molecule has 1 aliphatic carbocycles. The Balaban J connectivity index is 1.26. The second-order valence-corrected chi connectivity index (χ2v) is 10.5. The van der Waals surface area contributed by atoms with Crippen LogP contribution in [0.2, 0.25) is 0 Å². The standard InChI is InChI=1S/C34H40F2O/c1-3-5-7-25-8-13-27(14-9-25)29-18-20-30(21-19-29)28-15-10-26(11-16-28)12-17-31-22-23-32(34(36)33(31)35)37-24-6-4-2/h3,8-9,13-14,18-23,26,28H,1,4-7,10-12,15-17,24H2,2H3. The molecular formula is C34H40F2O. The van der Waals surface area contributed by atoms with Gasteiger partial charge in [-0.25, -0.2) is 4.39 Å². The lowest BCUT2D eigenvalue weighted by Gasteiger charge is -2.29. The second kappa shape index (κ2) is 13.6. The van der Waals surface area contributed by atoms with Crippen molar-refractivity contribution in [1.29, 1.82) is 0 Å². The number of allylic oxidation sites excluding steroid dienone is 1. The molecule has 1 nitrogen and oxygen atoms in total. The van der Waals surface area contributed by atoms with E-state index in [1.54, 1.807) is 12.1 Å². The first kappa shape index (κ1) is 27.1. The number of rotatable bonds is 12. The minimum atomic E-state index is -0.843. The molecule has 0 heterocycles. The molecule has 0 N–H and O–H groups in total. The molecule has 0 radical (unpaired) electrons. The fourth-order valence-electron chi connectivity index (χ4n) is 5.43. The highest BCUT2D eigenvalue weighted by atomic mass is 19.2. The molecule has 196 valence electrons. The van der Waals surface area contributed by atoms with Crippen molar-refractivity contribution < 1.29 is 13.5 Å². The Bertz CT molecular complexity index is 1130. The summed E-state index contributed by atoms with van der Waals surface area (Å²) in [7, 11) is 0. The highest BCUT2D eigenvalue weighted by Crippen LogP contribution is 2.38. The van der Waals surface area contributed by atoms with Gasteiger partial charge in [0.25, 0.3) is 0 Å². The Morgan fingerprint density at radius 1 is 0.838 bits per heavy atom. The molecule has 0 saturated heterocycles. The molecule has 1 aliphatic rings. The summed E-state index contributed by atoms with van der Waals surface area (Å²) in [5, 5.41) is 0. The highest BCUT2D eigenvalue weighted by molar-refractivity contribution is 5.64. The molecule has 0 amide bonds.